The molecule has 6 nitrogen and oxygen atoms in total. The Kier molecular flexibility index (Phi) is 5.31. The molecule has 0 spiro atoms. The summed E-state index contributed by atoms with van der Waals surface area (Å²) in [6, 6.07) is 15.7. The molecular weight excluding hydrogens is 374 g/mol. The molecule has 1 aliphatic heterocycles. The van der Waals surface area contributed by atoms with E-state index in [1.165, 1.54) is 21.5 Å². The molecule has 1 saturated carbocycles. The van der Waals surface area contributed by atoms with Crippen LogP contribution in [0.1, 0.15) is 24.8 Å². The third kappa shape index (κ3) is 3.62. The lowest BCUT2D eigenvalue weighted by molar-refractivity contribution is 0.0964. The van der Waals surface area contributed by atoms with Gasteiger partial charge in [-0.1, -0.05) is 30.3 Å². The van der Waals surface area contributed by atoms with Crippen LogP contribution < -0.4 is 13.9 Å². The zero-order valence-electron chi connectivity index (χ0n) is 16.3. The van der Waals surface area contributed by atoms with E-state index >= 15 is 0 Å². The van der Waals surface area contributed by atoms with Crippen LogP contribution in [0.25, 0.3) is 0 Å². The number of methoxy groups -OCH3 is 1. The van der Waals surface area contributed by atoms with Gasteiger partial charge in [-0.25, -0.2) is 4.31 Å². The van der Waals surface area contributed by atoms with Crippen LogP contribution in [0.2, 0.25) is 0 Å². The fraction of sp³-hybridized carbons (Fsp3) is 0.429. The van der Waals surface area contributed by atoms with E-state index in [0.717, 1.165) is 17.8 Å². The summed E-state index contributed by atoms with van der Waals surface area (Å²) in [6.07, 6.45) is 3.05. The summed E-state index contributed by atoms with van der Waals surface area (Å²) in [6.45, 7) is 3.06. The quantitative estimate of drug-likeness (QED) is 0.737. The summed E-state index contributed by atoms with van der Waals surface area (Å²) >= 11 is 0. The van der Waals surface area contributed by atoms with Gasteiger partial charge in [-0.3, -0.25) is 4.31 Å². The van der Waals surface area contributed by atoms with E-state index in [-0.39, 0.29) is 6.10 Å². The minimum absolute atomic E-state index is 0.0181. The molecule has 2 aromatic carbocycles. The SMILES string of the molecule is CO[C@@H](CCN1c2ccccc2N(c2ccccc2C)S1(=O)=O)CNC1CC1. The van der Waals surface area contributed by atoms with Crippen molar-refractivity contribution < 1.29 is 13.2 Å². The summed E-state index contributed by atoms with van der Waals surface area (Å²) in [5, 5.41) is 3.46. The Morgan fingerprint density at radius 3 is 2.36 bits per heavy atom. The highest BCUT2D eigenvalue weighted by molar-refractivity contribution is 7.95. The largest absolute Gasteiger partial charge is 0.380 e. The molecule has 150 valence electrons. The molecule has 2 aromatic rings. The second-order valence-electron chi connectivity index (χ2n) is 7.45. The predicted molar refractivity (Wildman–Crippen MR) is 112 cm³/mol. The molecule has 1 N–H and O–H groups in total. The van der Waals surface area contributed by atoms with Crippen LogP contribution in [0.3, 0.4) is 0 Å². The van der Waals surface area contributed by atoms with Crippen LogP contribution in [0.15, 0.2) is 48.5 Å². The molecule has 7 heteroatoms. The summed E-state index contributed by atoms with van der Waals surface area (Å²) < 4.78 is 35.5. The molecule has 1 fully saturated rings. The monoisotopic (exact) mass is 401 g/mol. The minimum Gasteiger partial charge on any atom is -0.380 e. The number of ether oxygens (including phenoxy) is 1. The summed E-state index contributed by atoms with van der Waals surface area (Å²) in [5.74, 6) is 0. The lowest BCUT2D eigenvalue weighted by Gasteiger charge is -2.24. The van der Waals surface area contributed by atoms with Crippen LogP contribution in [-0.2, 0) is 14.9 Å². The van der Waals surface area contributed by atoms with Crippen LogP contribution in [0.5, 0.6) is 0 Å². The minimum atomic E-state index is -3.69. The van der Waals surface area contributed by atoms with Gasteiger partial charge in [-0.15, -0.1) is 0 Å². The maximum atomic E-state index is 13.5. The first-order chi connectivity index (χ1) is 13.5. The number of benzene rings is 2. The molecule has 0 amide bonds. The first-order valence-electron chi connectivity index (χ1n) is 9.76. The Balaban J connectivity index is 1.60. The Labute approximate surface area is 167 Å². The molecule has 0 radical (unpaired) electrons. The van der Waals surface area contributed by atoms with Gasteiger partial charge in [-0.2, -0.15) is 8.42 Å². The smallest absolute Gasteiger partial charge is 0.330 e. The van der Waals surface area contributed by atoms with Gasteiger partial charge in [-0.05, 0) is 49.9 Å². The molecule has 1 atom stereocenters. The molecule has 0 aromatic heterocycles. The van der Waals surface area contributed by atoms with Gasteiger partial charge in [0.15, 0.2) is 0 Å². The summed E-state index contributed by atoms with van der Waals surface area (Å²) in [5.41, 5.74) is 3.03. The molecule has 2 aliphatic rings. The van der Waals surface area contributed by atoms with Crippen LogP contribution in [-0.4, -0.2) is 40.8 Å². The number of hydrogen-bond acceptors (Lipinski definition) is 4. The van der Waals surface area contributed by atoms with Gasteiger partial charge >= 0.3 is 10.2 Å². The highest BCUT2D eigenvalue weighted by atomic mass is 32.2. The van der Waals surface area contributed by atoms with E-state index in [0.29, 0.717) is 30.4 Å². The zero-order valence-corrected chi connectivity index (χ0v) is 17.2. The molecule has 1 heterocycles. The second-order valence-corrected chi connectivity index (χ2v) is 9.15. The van der Waals surface area contributed by atoms with Crippen molar-refractivity contribution in [3.63, 3.8) is 0 Å². The molecule has 28 heavy (non-hydrogen) atoms. The molecule has 0 saturated heterocycles. The van der Waals surface area contributed by atoms with Gasteiger partial charge in [0.25, 0.3) is 0 Å². The first kappa shape index (κ1) is 19.2. The Morgan fingerprint density at radius 1 is 1.07 bits per heavy atom. The standard InChI is InChI=1S/C21H27N3O3S/c1-16-7-3-4-8-19(16)24-21-10-6-5-9-20(21)23(28(24,25)26)14-13-18(27-2)15-22-17-11-12-17/h3-10,17-18,22H,11-15H2,1-2H3/t18-/m0/s1. The van der Waals surface area contributed by atoms with Crippen molar-refractivity contribution in [1.29, 1.82) is 0 Å². The lowest BCUT2D eigenvalue weighted by Crippen LogP contribution is -2.39. The average Bonchev–Trinajstić information content (AvgIpc) is 3.48. The molecule has 0 bridgehead atoms. The number of hydrogen-bond donors (Lipinski definition) is 1. The highest BCUT2D eigenvalue weighted by Crippen LogP contribution is 2.46. The van der Waals surface area contributed by atoms with E-state index in [1.54, 1.807) is 7.11 Å². The van der Waals surface area contributed by atoms with Crippen molar-refractivity contribution >= 4 is 27.3 Å². The Hall–Kier alpha value is -2.09. The fourth-order valence-electron chi connectivity index (χ4n) is 3.63. The third-order valence-electron chi connectivity index (χ3n) is 5.41. The number of rotatable bonds is 8. The fourth-order valence-corrected chi connectivity index (χ4v) is 5.42. The molecule has 4 rings (SSSR count). The second kappa shape index (κ2) is 7.73. The molecule has 1 aliphatic carbocycles. The number of fused-ring (bicyclic) bond motifs is 1. The Bertz CT molecular complexity index is 943. The van der Waals surface area contributed by atoms with Gasteiger partial charge < -0.3 is 10.1 Å². The molecule has 0 unspecified atom stereocenters. The van der Waals surface area contributed by atoms with E-state index in [9.17, 15) is 8.42 Å². The number of anilines is 3. The normalized spacial score (nSPS) is 18.9. The van der Waals surface area contributed by atoms with E-state index in [4.69, 9.17) is 4.74 Å². The zero-order chi connectivity index (χ0) is 19.7. The average molecular weight is 402 g/mol. The number of para-hydroxylation sites is 3. The van der Waals surface area contributed by atoms with E-state index < -0.39 is 10.2 Å². The van der Waals surface area contributed by atoms with Crippen LogP contribution in [0, 0.1) is 6.92 Å². The van der Waals surface area contributed by atoms with Crippen molar-refractivity contribution in [2.24, 2.45) is 0 Å². The highest BCUT2D eigenvalue weighted by Gasteiger charge is 2.41. The molecular formula is C21H27N3O3S. The van der Waals surface area contributed by atoms with Crippen molar-refractivity contribution in [2.75, 3.05) is 28.8 Å². The maximum Gasteiger partial charge on any atom is 0.330 e. The van der Waals surface area contributed by atoms with Gasteiger partial charge in [0, 0.05) is 26.2 Å². The number of aryl methyl sites for hydroxylation is 1. The van der Waals surface area contributed by atoms with Crippen molar-refractivity contribution in [3.8, 4) is 0 Å². The van der Waals surface area contributed by atoms with E-state index in [1.807, 2.05) is 55.5 Å². The maximum absolute atomic E-state index is 13.5. The van der Waals surface area contributed by atoms with Crippen molar-refractivity contribution in [1.82, 2.24) is 5.32 Å². The van der Waals surface area contributed by atoms with Crippen LogP contribution in [0.4, 0.5) is 17.1 Å². The number of nitrogens with one attached hydrogen (secondary N) is 1. The van der Waals surface area contributed by atoms with Gasteiger partial charge in [0.1, 0.15) is 0 Å². The summed E-state index contributed by atoms with van der Waals surface area (Å²) in [7, 11) is -2.01. The third-order valence-corrected chi connectivity index (χ3v) is 7.20. The van der Waals surface area contributed by atoms with Crippen molar-refractivity contribution in [3.05, 3.63) is 54.1 Å². The van der Waals surface area contributed by atoms with Crippen molar-refractivity contribution in [2.45, 2.75) is 38.3 Å². The summed E-state index contributed by atoms with van der Waals surface area (Å²) in [4.78, 5) is 0. The predicted octanol–water partition coefficient (Wildman–Crippen LogP) is 3.36. The van der Waals surface area contributed by atoms with Gasteiger partial charge in [0.2, 0.25) is 0 Å². The lowest BCUT2D eigenvalue weighted by atomic mass is 10.2. The topological polar surface area (TPSA) is 61.9 Å². The number of nitrogens with zero attached hydrogens (tertiary/aromatic N) is 2. The van der Waals surface area contributed by atoms with E-state index in [2.05, 4.69) is 5.32 Å². The first-order valence-corrected chi connectivity index (χ1v) is 11.2. The van der Waals surface area contributed by atoms with Crippen LogP contribution >= 0.6 is 0 Å². The Morgan fingerprint density at radius 2 is 1.71 bits per heavy atom. The van der Waals surface area contributed by atoms with Gasteiger partial charge in [0.05, 0.1) is 23.2 Å².